The van der Waals surface area contributed by atoms with Gasteiger partial charge in [0, 0.05) is 11.0 Å². The maximum Gasteiger partial charge on any atom is 0.253 e. The summed E-state index contributed by atoms with van der Waals surface area (Å²) in [6.07, 6.45) is 0. The molecule has 162 valence electrons. The quantitative estimate of drug-likeness (QED) is 0.442. The van der Waals surface area contributed by atoms with Crippen molar-refractivity contribution in [1.82, 2.24) is 20.1 Å². The van der Waals surface area contributed by atoms with Crippen LogP contribution in [0.2, 0.25) is 0 Å². The molecule has 10 heteroatoms. The molecule has 31 heavy (non-hydrogen) atoms. The Labute approximate surface area is 192 Å². The molecule has 0 saturated heterocycles. The van der Waals surface area contributed by atoms with Gasteiger partial charge in [-0.2, -0.15) is 0 Å². The van der Waals surface area contributed by atoms with Gasteiger partial charge in [0.1, 0.15) is 5.82 Å². The summed E-state index contributed by atoms with van der Waals surface area (Å²) in [4.78, 5) is 24.8. The average molecular weight is 506 g/mol. The lowest BCUT2D eigenvalue weighted by molar-refractivity contribution is -0.113. The molecule has 0 spiro atoms. The van der Waals surface area contributed by atoms with Crippen molar-refractivity contribution in [2.45, 2.75) is 31.6 Å². The molecule has 1 aromatic heterocycles. The van der Waals surface area contributed by atoms with Gasteiger partial charge in [-0.05, 0) is 54.0 Å². The molecule has 2 aromatic carbocycles. The topological polar surface area (TPSA) is 88.9 Å². The molecule has 3 rings (SSSR count). The zero-order valence-corrected chi connectivity index (χ0v) is 19.3. The van der Waals surface area contributed by atoms with Crippen molar-refractivity contribution in [2.24, 2.45) is 0 Å². The van der Waals surface area contributed by atoms with Gasteiger partial charge < -0.3 is 15.2 Å². The molecule has 7 nitrogen and oxygen atoms in total. The summed E-state index contributed by atoms with van der Waals surface area (Å²) in [7, 11) is 0. The molecule has 0 saturated carbocycles. The van der Waals surface area contributed by atoms with Crippen LogP contribution in [0.1, 0.15) is 36.1 Å². The smallest absolute Gasteiger partial charge is 0.253 e. The Kier molecular flexibility index (Phi) is 7.80. The fourth-order valence-electron chi connectivity index (χ4n) is 2.89. The van der Waals surface area contributed by atoms with Gasteiger partial charge in [-0.15, -0.1) is 10.2 Å². The summed E-state index contributed by atoms with van der Waals surface area (Å²) < 4.78 is 16.2. The lowest BCUT2D eigenvalue weighted by Gasteiger charge is -2.15. The Bertz CT molecular complexity index is 1090. The number of nitrogens with one attached hydrogen (secondary N) is 2. The van der Waals surface area contributed by atoms with Crippen LogP contribution in [0.3, 0.4) is 0 Å². The molecule has 1 atom stereocenters. The molecule has 0 radical (unpaired) electrons. The van der Waals surface area contributed by atoms with Gasteiger partial charge in [-0.3, -0.25) is 9.59 Å². The number of halogens is 2. The number of anilines is 1. The number of carbonyl (C=O) groups excluding carboxylic acids is 2. The van der Waals surface area contributed by atoms with Crippen molar-refractivity contribution >= 4 is 45.2 Å². The van der Waals surface area contributed by atoms with Crippen LogP contribution in [0.4, 0.5) is 10.1 Å². The Morgan fingerprint density at radius 1 is 1.16 bits per heavy atom. The molecule has 0 aliphatic carbocycles. The van der Waals surface area contributed by atoms with Gasteiger partial charge >= 0.3 is 0 Å². The van der Waals surface area contributed by atoms with Crippen LogP contribution >= 0.6 is 27.7 Å². The molecule has 1 heterocycles. The highest BCUT2D eigenvalue weighted by Gasteiger charge is 2.21. The van der Waals surface area contributed by atoms with Crippen LogP contribution in [-0.4, -0.2) is 32.3 Å². The lowest BCUT2D eigenvalue weighted by Crippen LogP contribution is -2.29. The van der Waals surface area contributed by atoms with E-state index in [1.165, 1.54) is 23.9 Å². The molecule has 0 fully saturated rings. The summed E-state index contributed by atoms with van der Waals surface area (Å²) in [5, 5.41) is 14.4. The second-order valence-corrected chi connectivity index (χ2v) is 8.37. The molecular weight excluding hydrogens is 485 g/mol. The number of benzene rings is 2. The predicted molar refractivity (Wildman–Crippen MR) is 121 cm³/mol. The minimum absolute atomic E-state index is 0.0458. The molecule has 2 amide bonds. The zero-order chi connectivity index (χ0) is 22.4. The first-order chi connectivity index (χ1) is 14.9. The largest absolute Gasteiger partial charge is 0.342 e. The Morgan fingerprint density at radius 3 is 2.58 bits per heavy atom. The molecule has 2 N–H and O–H groups in total. The molecule has 0 aliphatic rings. The lowest BCUT2D eigenvalue weighted by atomic mass is 10.2. The van der Waals surface area contributed by atoms with E-state index in [0.29, 0.717) is 27.6 Å². The summed E-state index contributed by atoms with van der Waals surface area (Å²) in [6.45, 7) is 4.32. The highest BCUT2D eigenvalue weighted by Crippen LogP contribution is 2.22. The fourth-order valence-corrected chi connectivity index (χ4v) is 4.16. The van der Waals surface area contributed by atoms with Gasteiger partial charge in [-0.25, -0.2) is 4.39 Å². The van der Waals surface area contributed by atoms with Crippen LogP contribution in [0, 0.1) is 5.82 Å². The van der Waals surface area contributed by atoms with E-state index >= 15 is 0 Å². The van der Waals surface area contributed by atoms with Gasteiger partial charge in [0.2, 0.25) is 5.91 Å². The number of amides is 2. The number of thioether (sulfide) groups is 1. The third kappa shape index (κ3) is 5.71. The Balaban J connectivity index is 1.64. The van der Waals surface area contributed by atoms with Crippen LogP contribution < -0.4 is 10.6 Å². The first-order valence-corrected chi connectivity index (χ1v) is 11.3. The van der Waals surface area contributed by atoms with Crippen molar-refractivity contribution in [3.8, 4) is 0 Å². The summed E-state index contributed by atoms with van der Waals surface area (Å²) in [5.74, 6) is -0.444. The monoisotopic (exact) mass is 505 g/mol. The van der Waals surface area contributed by atoms with E-state index in [0.717, 1.165) is 0 Å². The Morgan fingerprint density at radius 2 is 1.87 bits per heavy atom. The minimum atomic E-state index is -0.491. The summed E-state index contributed by atoms with van der Waals surface area (Å²) in [5.41, 5.74) is 0.658. The van der Waals surface area contributed by atoms with E-state index in [4.69, 9.17) is 0 Å². The maximum atomic E-state index is 13.7. The molecular formula is C21H21BrFN5O2S. The van der Waals surface area contributed by atoms with Crippen LogP contribution in [0.15, 0.2) is 58.2 Å². The van der Waals surface area contributed by atoms with Crippen molar-refractivity contribution in [1.29, 1.82) is 0 Å². The van der Waals surface area contributed by atoms with Crippen molar-refractivity contribution in [3.63, 3.8) is 0 Å². The normalized spacial score (nSPS) is 11.7. The minimum Gasteiger partial charge on any atom is -0.342 e. The van der Waals surface area contributed by atoms with E-state index in [9.17, 15) is 14.0 Å². The number of nitrogens with zero attached hydrogens (tertiary/aromatic N) is 3. The van der Waals surface area contributed by atoms with E-state index in [1.807, 2.05) is 24.5 Å². The number of hydrogen-bond donors (Lipinski definition) is 2. The average Bonchev–Trinajstić information content (AvgIpc) is 3.17. The number of rotatable bonds is 8. The van der Waals surface area contributed by atoms with E-state index in [2.05, 4.69) is 36.8 Å². The van der Waals surface area contributed by atoms with Gasteiger partial charge in [-0.1, -0.05) is 36.0 Å². The van der Waals surface area contributed by atoms with E-state index < -0.39 is 11.9 Å². The number of hydrogen-bond acceptors (Lipinski definition) is 5. The van der Waals surface area contributed by atoms with Crippen molar-refractivity contribution in [2.75, 3.05) is 11.1 Å². The standard InChI is InChI=1S/C21H21BrFN5O2S/c1-3-28-19(13(2)24-20(30)14-8-4-5-9-15(14)22)26-27-21(28)31-12-18(29)25-17-11-7-6-10-16(17)23/h4-11,13H,3,12H2,1-2H3,(H,24,30)(H,25,29)/t13-/m0/s1. The molecule has 0 unspecified atom stereocenters. The highest BCUT2D eigenvalue weighted by molar-refractivity contribution is 9.10. The third-order valence-corrected chi connectivity index (χ3v) is 6.05. The summed E-state index contributed by atoms with van der Waals surface area (Å²) in [6, 6.07) is 12.8. The SMILES string of the molecule is CCn1c(SCC(=O)Nc2ccccc2F)nnc1[C@H](C)NC(=O)c1ccccc1Br. The molecule has 0 aliphatic heterocycles. The van der Waals surface area contributed by atoms with Gasteiger partial charge in [0.15, 0.2) is 11.0 Å². The Hall–Kier alpha value is -2.72. The van der Waals surface area contributed by atoms with Crippen LogP contribution in [0.25, 0.3) is 0 Å². The molecule has 3 aromatic rings. The first-order valence-electron chi connectivity index (χ1n) is 9.56. The van der Waals surface area contributed by atoms with Crippen LogP contribution in [0.5, 0.6) is 0 Å². The second-order valence-electron chi connectivity index (χ2n) is 6.58. The molecule has 0 bridgehead atoms. The third-order valence-electron chi connectivity index (χ3n) is 4.40. The fraction of sp³-hybridized carbons (Fsp3) is 0.238. The van der Waals surface area contributed by atoms with E-state index in [-0.39, 0.29) is 23.3 Å². The zero-order valence-electron chi connectivity index (χ0n) is 16.9. The first kappa shape index (κ1) is 23.0. The highest BCUT2D eigenvalue weighted by atomic mass is 79.9. The predicted octanol–water partition coefficient (Wildman–Crippen LogP) is 4.42. The second kappa shape index (κ2) is 10.5. The van der Waals surface area contributed by atoms with E-state index in [1.54, 1.807) is 30.3 Å². The van der Waals surface area contributed by atoms with Crippen LogP contribution in [-0.2, 0) is 11.3 Å². The number of aromatic nitrogens is 3. The van der Waals surface area contributed by atoms with Gasteiger partial charge in [0.05, 0.1) is 23.0 Å². The number of para-hydroxylation sites is 1. The summed E-state index contributed by atoms with van der Waals surface area (Å²) >= 11 is 4.57. The van der Waals surface area contributed by atoms with Crippen molar-refractivity contribution in [3.05, 3.63) is 70.2 Å². The van der Waals surface area contributed by atoms with Crippen molar-refractivity contribution < 1.29 is 14.0 Å². The maximum absolute atomic E-state index is 13.7. The number of carbonyl (C=O) groups is 2. The van der Waals surface area contributed by atoms with Gasteiger partial charge in [0.25, 0.3) is 5.91 Å².